The lowest BCUT2D eigenvalue weighted by molar-refractivity contribution is 0.528. The van der Waals surface area contributed by atoms with Crippen LogP contribution < -0.4 is 5.32 Å². The van der Waals surface area contributed by atoms with Gasteiger partial charge in [-0.3, -0.25) is 4.68 Å². The molecule has 0 aliphatic rings. The van der Waals surface area contributed by atoms with E-state index in [0.29, 0.717) is 6.04 Å². The number of hydrogen-bond acceptors (Lipinski definition) is 3. The molecule has 110 valence electrons. The van der Waals surface area contributed by atoms with Crippen LogP contribution in [0.25, 0.3) is 0 Å². The number of thiophene rings is 1. The summed E-state index contributed by atoms with van der Waals surface area (Å²) in [5.74, 6) is 0. The summed E-state index contributed by atoms with van der Waals surface area (Å²) in [6, 6.07) is 2.57. The summed E-state index contributed by atoms with van der Waals surface area (Å²) < 4.78 is 3.10. The smallest absolute Gasteiger partial charge is 0.0669 e. The topological polar surface area (TPSA) is 29.9 Å². The highest BCUT2D eigenvalue weighted by molar-refractivity contribution is 9.10. The SMILES string of the molecule is CCCNC(Cc1cc(Br)cs1)c1cn(C)nc1CC. The first-order valence-corrected chi connectivity index (χ1v) is 8.80. The molecule has 0 saturated heterocycles. The van der Waals surface area contributed by atoms with Gasteiger partial charge in [-0.1, -0.05) is 13.8 Å². The first-order valence-electron chi connectivity index (χ1n) is 7.12. The summed E-state index contributed by atoms with van der Waals surface area (Å²) in [5, 5.41) is 10.4. The predicted octanol–water partition coefficient (Wildman–Crippen LogP) is 4.09. The molecule has 0 radical (unpaired) electrons. The summed E-state index contributed by atoms with van der Waals surface area (Å²) in [6.07, 6.45) is 5.31. The Morgan fingerprint density at radius 3 is 2.85 bits per heavy atom. The van der Waals surface area contributed by atoms with E-state index in [2.05, 4.69) is 57.8 Å². The van der Waals surface area contributed by atoms with E-state index in [1.807, 2.05) is 23.1 Å². The Morgan fingerprint density at radius 1 is 1.45 bits per heavy atom. The predicted molar refractivity (Wildman–Crippen MR) is 89.3 cm³/mol. The van der Waals surface area contributed by atoms with Gasteiger partial charge in [-0.2, -0.15) is 5.10 Å². The zero-order valence-corrected chi connectivity index (χ0v) is 14.7. The second kappa shape index (κ2) is 7.38. The van der Waals surface area contributed by atoms with E-state index < -0.39 is 0 Å². The fourth-order valence-corrected chi connectivity index (χ4v) is 3.89. The van der Waals surface area contributed by atoms with Crippen molar-refractivity contribution in [2.24, 2.45) is 7.05 Å². The molecule has 0 amide bonds. The first kappa shape index (κ1) is 15.7. The molecule has 3 nitrogen and oxygen atoms in total. The van der Waals surface area contributed by atoms with E-state index in [-0.39, 0.29) is 0 Å². The number of nitrogens with one attached hydrogen (secondary N) is 1. The van der Waals surface area contributed by atoms with Crippen LogP contribution >= 0.6 is 27.3 Å². The van der Waals surface area contributed by atoms with Crippen LogP contribution in [0, 0.1) is 0 Å². The van der Waals surface area contributed by atoms with Gasteiger partial charge >= 0.3 is 0 Å². The summed E-state index contributed by atoms with van der Waals surface area (Å²) in [6.45, 7) is 5.41. The van der Waals surface area contributed by atoms with Gasteiger partial charge in [0.05, 0.1) is 5.69 Å². The minimum atomic E-state index is 0.351. The number of halogens is 1. The van der Waals surface area contributed by atoms with Crippen LogP contribution in [0.3, 0.4) is 0 Å². The summed E-state index contributed by atoms with van der Waals surface area (Å²) in [7, 11) is 2.00. The van der Waals surface area contributed by atoms with E-state index in [1.165, 1.54) is 20.6 Å². The van der Waals surface area contributed by atoms with Crippen LogP contribution in [0.4, 0.5) is 0 Å². The largest absolute Gasteiger partial charge is 0.310 e. The minimum Gasteiger partial charge on any atom is -0.310 e. The normalized spacial score (nSPS) is 12.8. The van der Waals surface area contributed by atoms with Gasteiger partial charge in [-0.15, -0.1) is 11.3 Å². The van der Waals surface area contributed by atoms with Crippen molar-refractivity contribution in [2.45, 2.75) is 39.2 Å². The molecule has 5 heteroatoms. The minimum absolute atomic E-state index is 0.351. The lowest BCUT2D eigenvalue weighted by Crippen LogP contribution is -2.24. The molecule has 0 aliphatic heterocycles. The number of hydrogen-bond donors (Lipinski definition) is 1. The van der Waals surface area contributed by atoms with Gasteiger partial charge in [-0.05, 0) is 41.4 Å². The third-order valence-electron chi connectivity index (χ3n) is 3.32. The van der Waals surface area contributed by atoms with Crippen molar-refractivity contribution in [3.63, 3.8) is 0 Å². The quantitative estimate of drug-likeness (QED) is 0.810. The monoisotopic (exact) mass is 355 g/mol. The molecular weight excluding hydrogens is 334 g/mol. The van der Waals surface area contributed by atoms with Gasteiger partial charge in [0.15, 0.2) is 0 Å². The van der Waals surface area contributed by atoms with Gasteiger partial charge in [0, 0.05) is 46.0 Å². The maximum atomic E-state index is 4.58. The standard InChI is InChI=1S/C15H22BrN3S/c1-4-6-17-15(8-12-7-11(16)10-20-12)13-9-19(3)18-14(13)5-2/h7,9-10,15,17H,4-6,8H2,1-3H3. The van der Waals surface area contributed by atoms with Crippen LogP contribution in [-0.4, -0.2) is 16.3 Å². The molecule has 1 atom stereocenters. The van der Waals surface area contributed by atoms with Gasteiger partial charge in [0.1, 0.15) is 0 Å². The van der Waals surface area contributed by atoms with Crippen molar-refractivity contribution >= 4 is 27.3 Å². The van der Waals surface area contributed by atoms with Crippen molar-refractivity contribution in [1.29, 1.82) is 0 Å². The molecule has 20 heavy (non-hydrogen) atoms. The average Bonchev–Trinajstić information content (AvgIpc) is 3.00. The third kappa shape index (κ3) is 3.93. The fourth-order valence-electron chi connectivity index (χ4n) is 2.39. The highest BCUT2D eigenvalue weighted by atomic mass is 79.9. The first-order chi connectivity index (χ1) is 9.63. The Labute approximate surface area is 133 Å². The Hall–Kier alpha value is -0.650. The molecule has 0 bridgehead atoms. The fraction of sp³-hybridized carbons (Fsp3) is 0.533. The second-order valence-corrected chi connectivity index (χ2v) is 6.91. The van der Waals surface area contributed by atoms with Gasteiger partial charge in [-0.25, -0.2) is 0 Å². The molecule has 0 aliphatic carbocycles. The maximum absolute atomic E-state index is 4.58. The molecular formula is C15H22BrN3S. The van der Waals surface area contributed by atoms with Crippen molar-refractivity contribution in [1.82, 2.24) is 15.1 Å². The lowest BCUT2D eigenvalue weighted by atomic mass is 10.0. The number of aromatic nitrogens is 2. The van der Waals surface area contributed by atoms with Crippen LogP contribution in [0.5, 0.6) is 0 Å². The highest BCUT2D eigenvalue weighted by Gasteiger charge is 2.18. The molecule has 0 saturated carbocycles. The van der Waals surface area contributed by atoms with Gasteiger partial charge < -0.3 is 5.32 Å². The van der Waals surface area contributed by atoms with Crippen molar-refractivity contribution in [3.05, 3.63) is 38.3 Å². The van der Waals surface area contributed by atoms with Crippen molar-refractivity contribution < 1.29 is 0 Å². The maximum Gasteiger partial charge on any atom is 0.0669 e. The summed E-state index contributed by atoms with van der Waals surface area (Å²) in [4.78, 5) is 1.40. The zero-order valence-electron chi connectivity index (χ0n) is 12.3. The Kier molecular flexibility index (Phi) is 5.81. The second-order valence-electron chi connectivity index (χ2n) is 5.00. The van der Waals surface area contributed by atoms with Crippen LogP contribution in [-0.2, 0) is 19.9 Å². The van der Waals surface area contributed by atoms with Gasteiger partial charge in [0.25, 0.3) is 0 Å². The third-order valence-corrected chi connectivity index (χ3v) is 5.04. The number of nitrogens with zero attached hydrogens (tertiary/aromatic N) is 2. The molecule has 2 heterocycles. The van der Waals surface area contributed by atoms with Crippen LogP contribution in [0.15, 0.2) is 22.1 Å². The lowest BCUT2D eigenvalue weighted by Gasteiger charge is -2.17. The van der Waals surface area contributed by atoms with Crippen LogP contribution in [0.2, 0.25) is 0 Å². The number of rotatable bonds is 7. The number of aryl methyl sites for hydroxylation is 2. The molecule has 1 N–H and O–H groups in total. The van der Waals surface area contributed by atoms with Gasteiger partial charge in [0.2, 0.25) is 0 Å². The van der Waals surface area contributed by atoms with E-state index in [1.54, 1.807) is 0 Å². The Morgan fingerprint density at radius 2 is 2.25 bits per heavy atom. The van der Waals surface area contributed by atoms with E-state index in [9.17, 15) is 0 Å². The molecule has 0 spiro atoms. The molecule has 0 aromatic carbocycles. The Balaban J connectivity index is 2.21. The van der Waals surface area contributed by atoms with E-state index in [0.717, 1.165) is 25.8 Å². The molecule has 2 aromatic heterocycles. The molecule has 0 fully saturated rings. The summed E-state index contributed by atoms with van der Waals surface area (Å²) in [5.41, 5.74) is 2.55. The molecule has 1 unspecified atom stereocenters. The zero-order chi connectivity index (χ0) is 14.5. The average molecular weight is 356 g/mol. The van der Waals surface area contributed by atoms with Crippen LogP contribution in [0.1, 0.15) is 42.4 Å². The Bertz CT molecular complexity index is 547. The summed E-state index contributed by atoms with van der Waals surface area (Å²) >= 11 is 5.35. The van der Waals surface area contributed by atoms with E-state index >= 15 is 0 Å². The van der Waals surface area contributed by atoms with Crippen molar-refractivity contribution in [2.75, 3.05) is 6.54 Å². The highest BCUT2D eigenvalue weighted by Crippen LogP contribution is 2.27. The van der Waals surface area contributed by atoms with Crippen molar-refractivity contribution in [3.8, 4) is 0 Å². The molecule has 2 aromatic rings. The van der Waals surface area contributed by atoms with E-state index in [4.69, 9.17) is 0 Å². The molecule has 2 rings (SSSR count).